The predicted octanol–water partition coefficient (Wildman–Crippen LogP) is 1.44. The van der Waals surface area contributed by atoms with Crippen LogP contribution < -0.4 is 14.6 Å². The van der Waals surface area contributed by atoms with Crippen LogP contribution in [0, 0.1) is 10.1 Å². The zero-order valence-corrected chi connectivity index (χ0v) is 12.5. The first kappa shape index (κ1) is 17.2. The number of methoxy groups -OCH3 is 1. The molecular formula is C12H18N2O6S. The van der Waals surface area contributed by atoms with Gasteiger partial charge in [0.05, 0.1) is 24.4 Å². The molecule has 0 unspecified atom stereocenters. The molecule has 0 aliphatic rings. The Labute approximate surface area is 123 Å². The highest BCUT2D eigenvalue weighted by Crippen LogP contribution is 2.31. The Balaban J connectivity index is 2.49. The van der Waals surface area contributed by atoms with Gasteiger partial charge in [-0.15, -0.1) is 0 Å². The van der Waals surface area contributed by atoms with Crippen LogP contribution in [0.2, 0.25) is 0 Å². The SMILES string of the molecule is COc1ccc([N+](=O)[O-])c(OCCCCCS(N)(=O)=O)c1. The summed E-state index contributed by atoms with van der Waals surface area (Å²) in [5.41, 5.74) is -0.139. The van der Waals surface area contributed by atoms with Crippen LogP contribution in [-0.4, -0.2) is 32.8 Å². The van der Waals surface area contributed by atoms with Gasteiger partial charge in [-0.05, 0) is 25.3 Å². The number of nitro benzene ring substituents is 1. The van der Waals surface area contributed by atoms with Crippen molar-refractivity contribution in [1.82, 2.24) is 0 Å². The van der Waals surface area contributed by atoms with Crippen molar-refractivity contribution in [3.8, 4) is 11.5 Å². The number of benzene rings is 1. The highest BCUT2D eigenvalue weighted by Gasteiger charge is 2.15. The van der Waals surface area contributed by atoms with Crippen molar-refractivity contribution < 1.29 is 22.8 Å². The number of nitrogens with two attached hydrogens (primary N) is 1. The lowest BCUT2D eigenvalue weighted by Gasteiger charge is -2.08. The van der Waals surface area contributed by atoms with E-state index in [1.54, 1.807) is 0 Å². The van der Waals surface area contributed by atoms with Gasteiger partial charge in [0.1, 0.15) is 5.75 Å². The first-order chi connectivity index (χ1) is 9.83. The van der Waals surface area contributed by atoms with Crippen LogP contribution in [0.25, 0.3) is 0 Å². The molecule has 9 heteroatoms. The van der Waals surface area contributed by atoms with Crippen molar-refractivity contribution in [2.24, 2.45) is 5.14 Å². The minimum absolute atomic E-state index is 0.0771. The smallest absolute Gasteiger partial charge is 0.311 e. The maximum absolute atomic E-state index is 10.9. The predicted molar refractivity (Wildman–Crippen MR) is 77.0 cm³/mol. The van der Waals surface area contributed by atoms with Gasteiger partial charge in [-0.25, -0.2) is 13.6 Å². The molecule has 118 valence electrons. The third-order valence-corrected chi connectivity index (χ3v) is 3.55. The normalized spacial score (nSPS) is 11.1. The van der Waals surface area contributed by atoms with E-state index in [9.17, 15) is 18.5 Å². The molecule has 0 spiro atoms. The highest BCUT2D eigenvalue weighted by atomic mass is 32.2. The molecule has 0 radical (unpaired) electrons. The summed E-state index contributed by atoms with van der Waals surface area (Å²) in [6, 6.07) is 4.24. The number of nitrogens with zero attached hydrogens (tertiary/aromatic N) is 1. The van der Waals surface area contributed by atoms with Gasteiger partial charge in [0, 0.05) is 12.1 Å². The molecule has 0 atom stereocenters. The number of primary sulfonamides is 1. The van der Waals surface area contributed by atoms with E-state index in [4.69, 9.17) is 14.6 Å². The van der Waals surface area contributed by atoms with Gasteiger partial charge in [0.15, 0.2) is 0 Å². The fourth-order valence-corrected chi connectivity index (χ4v) is 2.26. The lowest BCUT2D eigenvalue weighted by molar-refractivity contribution is -0.385. The molecule has 0 heterocycles. The Morgan fingerprint density at radius 3 is 2.57 bits per heavy atom. The standard InChI is InChI=1S/C12H18N2O6S/c1-19-10-5-6-11(14(15)16)12(9-10)20-7-3-2-4-8-21(13,17)18/h5-6,9H,2-4,7-8H2,1H3,(H2,13,17,18). The van der Waals surface area contributed by atoms with Crippen LogP contribution in [0.3, 0.4) is 0 Å². The third kappa shape index (κ3) is 6.41. The van der Waals surface area contributed by atoms with Crippen LogP contribution in [0.4, 0.5) is 5.69 Å². The van der Waals surface area contributed by atoms with E-state index >= 15 is 0 Å². The van der Waals surface area contributed by atoms with E-state index in [1.807, 2.05) is 0 Å². The molecule has 0 aliphatic heterocycles. The zero-order chi connectivity index (χ0) is 15.9. The third-order valence-electron chi connectivity index (χ3n) is 2.69. The average molecular weight is 318 g/mol. The molecule has 1 aromatic rings. The molecule has 2 N–H and O–H groups in total. The largest absolute Gasteiger partial charge is 0.497 e. The summed E-state index contributed by atoms with van der Waals surface area (Å²) in [6.45, 7) is 0.249. The molecule has 0 bridgehead atoms. The van der Waals surface area contributed by atoms with Crippen LogP contribution >= 0.6 is 0 Å². The Morgan fingerprint density at radius 2 is 2.00 bits per heavy atom. The van der Waals surface area contributed by atoms with E-state index in [0.29, 0.717) is 25.0 Å². The number of hydrogen-bond acceptors (Lipinski definition) is 6. The van der Waals surface area contributed by atoms with Crippen molar-refractivity contribution in [3.05, 3.63) is 28.3 Å². The van der Waals surface area contributed by atoms with E-state index in [0.717, 1.165) is 0 Å². The van der Waals surface area contributed by atoms with Crippen molar-refractivity contribution >= 4 is 15.7 Å². The molecule has 1 rings (SSSR count). The Bertz CT molecular complexity index is 587. The maximum atomic E-state index is 10.9. The molecule has 21 heavy (non-hydrogen) atoms. The highest BCUT2D eigenvalue weighted by molar-refractivity contribution is 7.89. The van der Waals surface area contributed by atoms with Crippen LogP contribution in [0.15, 0.2) is 18.2 Å². The van der Waals surface area contributed by atoms with Gasteiger partial charge < -0.3 is 9.47 Å². The van der Waals surface area contributed by atoms with Crippen molar-refractivity contribution in [2.45, 2.75) is 19.3 Å². The van der Waals surface area contributed by atoms with Gasteiger partial charge in [0.25, 0.3) is 0 Å². The molecular weight excluding hydrogens is 300 g/mol. The minimum atomic E-state index is -3.44. The second-order valence-electron chi connectivity index (χ2n) is 4.37. The summed E-state index contributed by atoms with van der Waals surface area (Å²) in [4.78, 5) is 10.3. The number of ether oxygens (including phenoxy) is 2. The maximum Gasteiger partial charge on any atom is 0.311 e. The van der Waals surface area contributed by atoms with Gasteiger partial charge in [-0.1, -0.05) is 0 Å². The number of sulfonamides is 1. The first-order valence-corrected chi connectivity index (χ1v) is 8.01. The summed E-state index contributed by atoms with van der Waals surface area (Å²) in [5, 5.41) is 15.7. The number of unbranched alkanes of at least 4 members (excludes halogenated alkanes) is 2. The summed E-state index contributed by atoms with van der Waals surface area (Å²) in [5.74, 6) is 0.516. The fraction of sp³-hybridized carbons (Fsp3) is 0.500. The molecule has 1 aromatic carbocycles. The van der Waals surface area contributed by atoms with Crippen molar-refractivity contribution in [1.29, 1.82) is 0 Å². The number of hydrogen-bond donors (Lipinski definition) is 1. The quantitative estimate of drug-likeness (QED) is 0.417. The van der Waals surface area contributed by atoms with E-state index in [1.165, 1.54) is 25.3 Å². The molecule has 0 saturated heterocycles. The first-order valence-electron chi connectivity index (χ1n) is 6.29. The summed E-state index contributed by atoms with van der Waals surface area (Å²) < 4.78 is 31.8. The average Bonchev–Trinajstić information content (AvgIpc) is 2.41. The van der Waals surface area contributed by atoms with Crippen LogP contribution in [0.1, 0.15) is 19.3 Å². The summed E-state index contributed by atoms with van der Waals surface area (Å²) >= 11 is 0. The second kappa shape index (κ2) is 7.79. The van der Waals surface area contributed by atoms with E-state index in [2.05, 4.69) is 0 Å². The lowest BCUT2D eigenvalue weighted by Crippen LogP contribution is -2.16. The number of rotatable bonds is 9. The summed E-state index contributed by atoms with van der Waals surface area (Å²) in [7, 11) is -1.98. The van der Waals surface area contributed by atoms with E-state index < -0.39 is 14.9 Å². The van der Waals surface area contributed by atoms with Gasteiger partial charge in [-0.2, -0.15) is 0 Å². The zero-order valence-electron chi connectivity index (χ0n) is 11.6. The minimum Gasteiger partial charge on any atom is -0.497 e. The van der Waals surface area contributed by atoms with Gasteiger partial charge in [-0.3, -0.25) is 10.1 Å². The molecule has 0 aromatic heterocycles. The summed E-state index contributed by atoms with van der Waals surface area (Å²) in [6.07, 6.45) is 1.61. The Kier molecular flexibility index (Phi) is 6.38. The fourth-order valence-electron chi connectivity index (χ4n) is 1.65. The molecule has 0 aliphatic carbocycles. The molecule has 0 fully saturated rings. The molecule has 8 nitrogen and oxygen atoms in total. The molecule has 0 saturated carbocycles. The molecule has 0 amide bonds. The van der Waals surface area contributed by atoms with Crippen LogP contribution in [0.5, 0.6) is 11.5 Å². The monoisotopic (exact) mass is 318 g/mol. The van der Waals surface area contributed by atoms with Gasteiger partial charge in [0.2, 0.25) is 15.8 Å². The van der Waals surface area contributed by atoms with Gasteiger partial charge >= 0.3 is 5.69 Å². The lowest BCUT2D eigenvalue weighted by atomic mass is 10.2. The number of nitro groups is 1. The van der Waals surface area contributed by atoms with Crippen molar-refractivity contribution in [2.75, 3.05) is 19.5 Å². The van der Waals surface area contributed by atoms with Crippen molar-refractivity contribution in [3.63, 3.8) is 0 Å². The Hall–Kier alpha value is -1.87. The topological polar surface area (TPSA) is 122 Å². The van der Waals surface area contributed by atoms with Crippen LogP contribution in [-0.2, 0) is 10.0 Å². The second-order valence-corrected chi connectivity index (χ2v) is 6.10. The van der Waals surface area contributed by atoms with E-state index in [-0.39, 0.29) is 23.8 Å². The Morgan fingerprint density at radius 1 is 1.29 bits per heavy atom.